The number of rotatable bonds is 14. The highest BCUT2D eigenvalue weighted by Crippen LogP contribution is 2.42. The third-order valence-corrected chi connectivity index (χ3v) is 7.97. The highest BCUT2D eigenvalue weighted by atomic mass is 32.2. The number of fused-ring (bicyclic) bond motifs is 3. The first-order chi connectivity index (χ1) is 14.8. The average Bonchev–Trinajstić information content (AvgIpc) is 3.04. The summed E-state index contributed by atoms with van der Waals surface area (Å²) in [5.74, 6) is 0. The molecule has 1 unspecified atom stereocenters. The number of unbranched alkanes of at least 4 members (excludes halogenated alkanes) is 10. The molecule has 0 aliphatic carbocycles. The summed E-state index contributed by atoms with van der Waals surface area (Å²) in [5.41, 5.74) is 5.36. The molecule has 30 heavy (non-hydrogen) atoms. The number of hydrogen-bond acceptors (Lipinski definition) is 1. The van der Waals surface area contributed by atoms with Crippen molar-refractivity contribution < 1.29 is 4.21 Å². The molecular formula is C28H40OS. The summed E-state index contributed by atoms with van der Waals surface area (Å²) in [7, 11) is -1.01. The first-order valence-electron chi connectivity index (χ1n) is 12.4. The van der Waals surface area contributed by atoms with Gasteiger partial charge in [-0.05, 0) is 66.1 Å². The number of benzene rings is 2. The molecule has 0 N–H and O–H groups in total. The molecule has 0 fully saturated rings. The number of aryl methyl sites for hydroxylation is 2. The van der Waals surface area contributed by atoms with Crippen LogP contribution in [0.25, 0.3) is 11.1 Å². The maximum Gasteiger partial charge on any atom is 0.0862 e. The van der Waals surface area contributed by atoms with Crippen molar-refractivity contribution in [1.29, 1.82) is 0 Å². The van der Waals surface area contributed by atoms with Gasteiger partial charge in [0.2, 0.25) is 0 Å². The van der Waals surface area contributed by atoms with Gasteiger partial charge in [0, 0.05) is 0 Å². The van der Waals surface area contributed by atoms with E-state index in [2.05, 4.69) is 38.1 Å². The summed E-state index contributed by atoms with van der Waals surface area (Å²) in [4.78, 5) is 2.04. The Hall–Kier alpha value is -1.41. The van der Waals surface area contributed by atoms with Crippen LogP contribution in [0, 0.1) is 0 Å². The van der Waals surface area contributed by atoms with Gasteiger partial charge in [-0.3, -0.25) is 0 Å². The normalized spacial score (nSPS) is 14.7. The Kier molecular flexibility index (Phi) is 9.65. The summed E-state index contributed by atoms with van der Waals surface area (Å²) in [5, 5.41) is 0. The van der Waals surface area contributed by atoms with Crippen molar-refractivity contribution in [1.82, 2.24) is 0 Å². The van der Waals surface area contributed by atoms with Crippen molar-refractivity contribution in [2.45, 2.75) is 114 Å². The SMILES string of the molecule is CCCCCCCCc1cc2c(cc1CCCCCCCC)S(=O)c1ccccc1-2. The van der Waals surface area contributed by atoms with E-state index in [1.807, 2.05) is 12.1 Å². The highest BCUT2D eigenvalue weighted by Gasteiger charge is 2.26. The molecule has 0 radical (unpaired) electrons. The second kappa shape index (κ2) is 12.4. The van der Waals surface area contributed by atoms with Crippen LogP contribution >= 0.6 is 0 Å². The van der Waals surface area contributed by atoms with Gasteiger partial charge in [0.1, 0.15) is 0 Å². The third kappa shape index (κ3) is 6.06. The molecule has 1 atom stereocenters. The van der Waals surface area contributed by atoms with Crippen LogP contribution < -0.4 is 0 Å². The fourth-order valence-corrected chi connectivity index (χ4v) is 6.09. The minimum atomic E-state index is -1.01. The van der Waals surface area contributed by atoms with Crippen LogP contribution in [0.1, 0.15) is 102 Å². The molecule has 0 aromatic heterocycles. The molecule has 1 nitrogen and oxygen atoms in total. The Morgan fingerprint density at radius 3 is 1.77 bits per heavy atom. The van der Waals surface area contributed by atoms with Crippen LogP contribution in [0.2, 0.25) is 0 Å². The molecule has 0 spiro atoms. The maximum atomic E-state index is 13.1. The molecule has 0 saturated heterocycles. The predicted molar refractivity (Wildman–Crippen MR) is 131 cm³/mol. The minimum absolute atomic E-state index is 0.995. The van der Waals surface area contributed by atoms with Crippen molar-refractivity contribution in [3.8, 4) is 11.1 Å². The molecule has 164 valence electrons. The fraction of sp³-hybridized carbons (Fsp3) is 0.571. The van der Waals surface area contributed by atoms with E-state index in [1.165, 1.54) is 106 Å². The Balaban J connectivity index is 1.70. The first-order valence-corrected chi connectivity index (χ1v) is 13.6. The fourth-order valence-electron chi connectivity index (χ4n) is 4.66. The van der Waals surface area contributed by atoms with E-state index in [1.54, 1.807) is 0 Å². The molecule has 1 aliphatic rings. The van der Waals surface area contributed by atoms with Gasteiger partial charge in [0.15, 0.2) is 0 Å². The monoisotopic (exact) mass is 424 g/mol. The molecule has 1 heterocycles. The molecule has 0 amide bonds. The molecule has 2 aromatic rings. The Morgan fingerprint density at radius 2 is 1.13 bits per heavy atom. The number of hydrogen-bond donors (Lipinski definition) is 0. The largest absolute Gasteiger partial charge is 0.249 e. The van der Waals surface area contributed by atoms with E-state index in [-0.39, 0.29) is 0 Å². The predicted octanol–water partition coefficient (Wildman–Crippen LogP) is 8.64. The lowest BCUT2D eigenvalue weighted by Crippen LogP contribution is -1.99. The summed E-state index contributed by atoms with van der Waals surface area (Å²) in [6.45, 7) is 4.55. The van der Waals surface area contributed by atoms with Gasteiger partial charge in [-0.2, -0.15) is 0 Å². The van der Waals surface area contributed by atoms with Gasteiger partial charge in [0.05, 0.1) is 20.6 Å². The van der Waals surface area contributed by atoms with Gasteiger partial charge >= 0.3 is 0 Å². The maximum absolute atomic E-state index is 13.1. The standard InChI is InChI=1S/C28H40OS/c1-3-5-7-9-11-13-17-23-21-26-25-19-15-16-20-27(25)30(29)28(26)22-24(23)18-14-12-10-8-6-4-2/h15-16,19-22H,3-14,17-18H2,1-2H3. The second-order valence-electron chi connectivity index (χ2n) is 8.92. The second-order valence-corrected chi connectivity index (χ2v) is 10.3. The zero-order valence-corrected chi connectivity index (χ0v) is 20.0. The van der Waals surface area contributed by atoms with Gasteiger partial charge in [-0.1, -0.05) is 96.3 Å². The molecule has 1 aliphatic heterocycles. The average molecular weight is 425 g/mol. The summed E-state index contributed by atoms with van der Waals surface area (Å²) in [6, 6.07) is 12.9. The topological polar surface area (TPSA) is 17.1 Å². The highest BCUT2D eigenvalue weighted by molar-refractivity contribution is 7.85. The van der Waals surface area contributed by atoms with Crippen LogP contribution in [-0.4, -0.2) is 4.21 Å². The van der Waals surface area contributed by atoms with E-state index in [4.69, 9.17) is 0 Å². The van der Waals surface area contributed by atoms with Crippen LogP contribution in [-0.2, 0) is 23.6 Å². The van der Waals surface area contributed by atoms with Gasteiger partial charge < -0.3 is 0 Å². The quantitative estimate of drug-likeness (QED) is 0.237. The zero-order valence-electron chi connectivity index (χ0n) is 19.2. The van der Waals surface area contributed by atoms with E-state index in [9.17, 15) is 4.21 Å². The molecule has 2 heteroatoms. The first kappa shape index (κ1) is 23.3. The van der Waals surface area contributed by atoms with Crippen LogP contribution in [0.15, 0.2) is 46.2 Å². The van der Waals surface area contributed by atoms with E-state index >= 15 is 0 Å². The van der Waals surface area contributed by atoms with Crippen molar-refractivity contribution in [3.05, 3.63) is 47.5 Å². The van der Waals surface area contributed by atoms with Gasteiger partial charge in [0.25, 0.3) is 0 Å². The lowest BCUT2D eigenvalue weighted by Gasteiger charge is -2.13. The van der Waals surface area contributed by atoms with Crippen molar-refractivity contribution >= 4 is 10.8 Å². The summed E-state index contributed by atoms with van der Waals surface area (Å²) in [6.07, 6.45) is 18.3. The van der Waals surface area contributed by atoms with Crippen molar-refractivity contribution in [2.75, 3.05) is 0 Å². The van der Waals surface area contributed by atoms with Gasteiger partial charge in [-0.15, -0.1) is 0 Å². The smallest absolute Gasteiger partial charge is 0.0862 e. The van der Waals surface area contributed by atoms with E-state index < -0.39 is 10.8 Å². The van der Waals surface area contributed by atoms with E-state index in [0.29, 0.717) is 0 Å². The molecule has 0 saturated carbocycles. The molecule has 2 aromatic carbocycles. The Morgan fingerprint density at radius 1 is 0.600 bits per heavy atom. The van der Waals surface area contributed by atoms with Crippen LogP contribution in [0.3, 0.4) is 0 Å². The summed E-state index contributed by atoms with van der Waals surface area (Å²) >= 11 is 0. The van der Waals surface area contributed by atoms with Gasteiger partial charge in [-0.25, -0.2) is 4.21 Å². The molecule has 0 bridgehead atoms. The summed E-state index contributed by atoms with van der Waals surface area (Å²) < 4.78 is 13.1. The third-order valence-electron chi connectivity index (χ3n) is 6.48. The molecular weight excluding hydrogens is 384 g/mol. The Bertz CT molecular complexity index is 823. The lowest BCUT2D eigenvalue weighted by molar-refractivity contribution is 0.599. The van der Waals surface area contributed by atoms with E-state index in [0.717, 1.165) is 16.2 Å². The molecule has 3 rings (SSSR count). The minimum Gasteiger partial charge on any atom is -0.249 e. The zero-order chi connectivity index (χ0) is 21.2. The lowest BCUT2D eigenvalue weighted by atomic mass is 9.92. The van der Waals surface area contributed by atoms with Crippen LogP contribution in [0.5, 0.6) is 0 Å². The Labute approximate surface area is 187 Å². The van der Waals surface area contributed by atoms with Crippen molar-refractivity contribution in [2.24, 2.45) is 0 Å². The van der Waals surface area contributed by atoms with Crippen molar-refractivity contribution in [3.63, 3.8) is 0 Å². The van der Waals surface area contributed by atoms with Crippen LogP contribution in [0.4, 0.5) is 0 Å².